The number of rotatable bonds is 12. The van der Waals surface area contributed by atoms with Crippen molar-refractivity contribution < 1.29 is 42.8 Å². The molecular weight excluding hydrogens is 556 g/mol. The molecule has 11 nitrogen and oxygen atoms in total. The lowest BCUT2D eigenvalue weighted by Crippen LogP contribution is -2.48. The Morgan fingerprint density at radius 2 is 1.60 bits per heavy atom. The minimum absolute atomic E-state index is 0.126. The molecule has 2 amide bonds. The van der Waals surface area contributed by atoms with E-state index in [0.717, 1.165) is 5.56 Å². The van der Waals surface area contributed by atoms with E-state index in [1.165, 1.54) is 28.4 Å². The van der Waals surface area contributed by atoms with E-state index in [2.05, 4.69) is 10.6 Å². The van der Waals surface area contributed by atoms with E-state index in [-0.39, 0.29) is 42.3 Å². The number of ketones is 1. The Labute approximate surface area is 250 Å². The van der Waals surface area contributed by atoms with Gasteiger partial charge in [-0.1, -0.05) is 36.4 Å². The van der Waals surface area contributed by atoms with Crippen LogP contribution in [0.2, 0.25) is 0 Å². The smallest absolute Gasteiger partial charge is 0.334 e. The molecule has 0 bridgehead atoms. The fourth-order valence-corrected chi connectivity index (χ4v) is 4.91. The molecule has 3 aromatic carbocycles. The maximum atomic E-state index is 13.7. The third-order valence-electron chi connectivity index (χ3n) is 6.98. The van der Waals surface area contributed by atoms with Gasteiger partial charge in [0.05, 0.1) is 41.0 Å². The molecule has 1 heterocycles. The number of Topliss-reactive ketones (excluding diaryl/α,β-unsaturated/α-hetero) is 1. The fourth-order valence-electron chi connectivity index (χ4n) is 4.91. The second-order valence-electron chi connectivity index (χ2n) is 9.75. The van der Waals surface area contributed by atoms with Gasteiger partial charge in [0.2, 0.25) is 5.75 Å². The Hall–Kier alpha value is -4.93. The van der Waals surface area contributed by atoms with Gasteiger partial charge >= 0.3 is 12.0 Å². The van der Waals surface area contributed by atoms with Crippen molar-refractivity contribution >= 4 is 17.8 Å². The van der Waals surface area contributed by atoms with Gasteiger partial charge in [-0.05, 0) is 36.6 Å². The summed E-state index contributed by atoms with van der Waals surface area (Å²) in [5.41, 5.74) is 1.84. The van der Waals surface area contributed by atoms with Gasteiger partial charge in [0.25, 0.3) is 0 Å². The highest BCUT2D eigenvalue weighted by Crippen LogP contribution is 2.47. The van der Waals surface area contributed by atoms with E-state index in [0.29, 0.717) is 35.1 Å². The number of hydrogen-bond acceptors (Lipinski definition) is 9. The van der Waals surface area contributed by atoms with Crippen LogP contribution in [0.4, 0.5) is 4.79 Å². The quantitative estimate of drug-likeness (QED) is 0.237. The van der Waals surface area contributed by atoms with Crippen LogP contribution in [0.25, 0.3) is 0 Å². The van der Waals surface area contributed by atoms with Crippen LogP contribution in [0.3, 0.4) is 0 Å². The van der Waals surface area contributed by atoms with Crippen molar-refractivity contribution in [1.29, 1.82) is 0 Å². The molecule has 3 aromatic rings. The van der Waals surface area contributed by atoms with E-state index in [4.69, 9.17) is 28.4 Å². The molecule has 0 saturated heterocycles. The van der Waals surface area contributed by atoms with Crippen LogP contribution in [0.5, 0.6) is 34.5 Å². The van der Waals surface area contributed by atoms with Crippen molar-refractivity contribution in [1.82, 2.24) is 10.6 Å². The maximum Gasteiger partial charge on any atom is 0.334 e. The predicted octanol–water partition coefficient (Wildman–Crippen LogP) is 3.99. The zero-order chi connectivity index (χ0) is 30.9. The van der Waals surface area contributed by atoms with Crippen molar-refractivity contribution in [3.05, 3.63) is 71.3 Å². The number of ether oxygens (including phenoxy) is 6. The summed E-state index contributed by atoms with van der Waals surface area (Å²) in [5, 5.41) is 5.33. The van der Waals surface area contributed by atoms with E-state index in [1.54, 1.807) is 31.2 Å². The predicted molar refractivity (Wildman–Crippen MR) is 158 cm³/mol. The van der Waals surface area contributed by atoms with E-state index in [1.807, 2.05) is 30.3 Å². The molecule has 228 valence electrons. The van der Waals surface area contributed by atoms with Gasteiger partial charge in [0.15, 0.2) is 28.8 Å². The average molecular weight is 593 g/mol. The van der Waals surface area contributed by atoms with Gasteiger partial charge < -0.3 is 39.1 Å². The molecule has 0 aromatic heterocycles. The van der Waals surface area contributed by atoms with Crippen LogP contribution >= 0.6 is 0 Å². The monoisotopic (exact) mass is 592 g/mol. The summed E-state index contributed by atoms with van der Waals surface area (Å²) in [7, 11) is 5.87. The fraction of sp³-hybridized carbons (Fsp3) is 0.344. The van der Waals surface area contributed by atoms with Crippen molar-refractivity contribution in [2.75, 3.05) is 41.6 Å². The van der Waals surface area contributed by atoms with Crippen molar-refractivity contribution in [2.45, 2.75) is 25.8 Å². The summed E-state index contributed by atoms with van der Waals surface area (Å²) < 4.78 is 33.5. The molecule has 4 rings (SSSR count). The zero-order valence-electron chi connectivity index (χ0n) is 24.9. The number of methoxy groups -OCH3 is 4. The lowest BCUT2D eigenvalue weighted by Gasteiger charge is -2.27. The largest absolute Gasteiger partial charge is 0.493 e. The molecule has 0 aliphatic carbocycles. The number of esters is 1. The lowest BCUT2D eigenvalue weighted by atomic mass is 9.88. The molecule has 1 aliphatic rings. The molecule has 2 N–H and O–H groups in total. The topological polar surface area (TPSA) is 131 Å². The number of urea groups is 1. The summed E-state index contributed by atoms with van der Waals surface area (Å²) in [6.45, 7) is 2.31. The molecule has 0 saturated carbocycles. The van der Waals surface area contributed by atoms with Gasteiger partial charge in [0, 0.05) is 19.0 Å². The number of amides is 2. The summed E-state index contributed by atoms with van der Waals surface area (Å²) in [6.07, 6.45) is 0.511. The summed E-state index contributed by atoms with van der Waals surface area (Å²) in [4.78, 5) is 39.3. The number of carbonyl (C=O) groups excluding carboxylic acids is 3. The number of benzene rings is 3. The minimum atomic E-state index is -0.966. The minimum Gasteiger partial charge on any atom is -0.493 e. The standard InChI is InChI=1S/C32H36N2O9/c1-6-33-32(37)34-22(15-19-10-8-7-9-11-19)31(36)43-24-16-20(12-13-23(24)38-2)14-21-18-42-25-17-26(39-3)29(40-4)30(41-5)27(25)28(21)35/h7-13,16-17,21-22H,6,14-15,18H2,1-5H3,(H2,33,34,37)/t21?,22-/m0/s1. The first-order chi connectivity index (χ1) is 20.8. The van der Waals surface area contributed by atoms with Crippen molar-refractivity contribution in [2.24, 2.45) is 5.92 Å². The molecule has 11 heteroatoms. The van der Waals surface area contributed by atoms with Crippen LogP contribution in [0.15, 0.2) is 54.6 Å². The Bertz CT molecular complexity index is 1460. The van der Waals surface area contributed by atoms with Crippen LogP contribution in [-0.2, 0) is 17.6 Å². The highest BCUT2D eigenvalue weighted by molar-refractivity contribution is 6.05. The molecular formula is C32H36N2O9. The van der Waals surface area contributed by atoms with Gasteiger partial charge in [-0.15, -0.1) is 0 Å². The van der Waals surface area contributed by atoms with Gasteiger partial charge in [-0.25, -0.2) is 9.59 Å². The van der Waals surface area contributed by atoms with Crippen molar-refractivity contribution in [3.63, 3.8) is 0 Å². The van der Waals surface area contributed by atoms with E-state index < -0.39 is 24.0 Å². The maximum absolute atomic E-state index is 13.7. The summed E-state index contributed by atoms with van der Waals surface area (Å²) in [5.74, 6) is 0.359. The first-order valence-corrected chi connectivity index (χ1v) is 13.8. The van der Waals surface area contributed by atoms with Gasteiger partial charge in [0.1, 0.15) is 17.4 Å². The second-order valence-corrected chi connectivity index (χ2v) is 9.75. The summed E-state index contributed by atoms with van der Waals surface area (Å²) in [6, 6.07) is 14.6. The SMILES string of the molecule is CCNC(=O)N[C@@H](Cc1ccccc1)C(=O)Oc1cc(CC2COc3cc(OC)c(OC)c(OC)c3C2=O)ccc1OC. The van der Waals surface area contributed by atoms with Crippen molar-refractivity contribution in [3.8, 4) is 34.5 Å². The number of nitrogens with one attached hydrogen (secondary N) is 2. The van der Waals surface area contributed by atoms with E-state index >= 15 is 0 Å². The van der Waals surface area contributed by atoms with Crippen LogP contribution in [0, 0.1) is 5.92 Å². The highest BCUT2D eigenvalue weighted by Gasteiger charge is 2.35. The Kier molecular flexibility index (Phi) is 10.3. The third-order valence-corrected chi connectivity index (χ3v) is 6.98. The number of carbonyl (C=O) groups is 3. The molecule has 1 aliphatic heterocycles. The highest BCUT2D eigenvalue weighted by atomic mass is 16.6. The summed E-state index contributed by atoms with van der Waals surface area (Å²) >= 11 is 0. The van der Waals surface area contributed by atoms with Crippen LogP contribution < -0.4 is 39.1 Å². The lowest BCUT2D eigenvalue weighted by molar-refractivity contribution is -0.136. The van der Waals surface area contributed by atoms with Crippen LogP contribution in [0.1, 0.15) is 28.4 Å². The third kappa shape index (κ3) is 7.11. The molecule has 43 heavy (non-hydrogen) atoms. The van der Waals surface area contributed by atoms with E-state index in [9.17, 15) is 14.4 Å². The van der Waals surface area contributed by atoms with Gasteiger partial charge in [-0.3, -0.25) is 4.79 Å². The number of hydrogen-bond donors (Lipinski definition) is 2. The number of fused-ring (bicyclic) bond motifs is 1. The Morgan fingerprint density at radius 1 is 0.884 bits per heavy atom. The molecule has 0 spiro atoms. The normalized spacial score (nSPS) is 14.4. The molecule has 2 atom stereocenters. The Balaban J connectivity index is 1.57. The average Bonchev–Trinajstić information content (AvgIpc) is 3.01. The van der Waals surface area contributed by atoms with Gasteiger partial charge in [-0.2, -0.15) is 0 Å². The van der Waals surface area contributed by atoms with Crippen LogP contribution in [-0.4, -0.2) is 65.4 Å². The second kappa shape index (κ2) is 14.3. The Morgan fingerprint density at radius 3 is 2.26 bits per heavy atom. The zero-order valence-corrected chi connectivity index (χ0v) is 24.9. The molecule has 0 fully saturated rings. The first kappa shape index (κ1) is 31.0. The molecule has 0 radical (unpaired) electrons. The molecule has 1 unspecified atom stereocenters. The first-order valence-electron chi connectivity index (χ1n) is 13.8.